The molecule has 6 nitrogen and oxygen atoms in total. The zero-order valence-electron chi connectivity index (χ0n) is 10.8. The van der Waals surface area contributed by atoms with Gasteiger partial charge in [-0.1, -0.05) is 12.1 Å². The molecule has 1 N–H and O–H groups in total. The monoisotopic (exact) mass is 327 g/mol. The van der Waals surface area contributed by atoms with Crippen LogP contribution in [0, 0.1) is 0 Å². The van der Waals surface area contributed by atoms with Crippen molar-refractivity contribution >= 4 is 15.9 Å². The highest BCUT2D eigenvalue weighted by atomic mass is 32.2. The number of hydrogen-bond donors (Lipinski definition) is 1. The lowest BCUT2D eigenvalue weighted by atomic mass is 10.3. The molecule has 0 saturated carbocycles. The first-order valence-electron chi connectivity index (χ1n) is 5.49. The van der Waals surface area contributed by atoms with Crippen molar-refractivity contribution < 1.29 is 35.9 Å². The molecule has 0 fully saturated rings. The van der Waals surface area contributed by atoms with Gasteiger partial charge < -0.3 is 9.47 Å². The first kappa shape index (κ1) is 17.1. The first-order chi connectivity index (χ1) is 9.57. The quantitative estimate of drug-likeness (QED) is 0.845. The summed E-state index contributed by atoms with van der Waals surface area (Å²) in [6.07, 6.45) is -3.73. The number of sulfonamides is 1. The molecular weight excluding hydrogens is 315 g/mol. The molecule has 0 atom stereocenters. The van der Waals surface area contributed by atoms with E-state index in [1.807, 2.05) is 0 Å². The minimum absolute atomic E-state index is 0.106. The van der Waals surface area contributed by atoms with Crippen molar-refractivity contribution in [1.29, 1.82) is 0 Å². The number of para-hydroxylation sites is 2. The van der Waals surface area contributed by atoms with Crippen molar-refractivity contribution in [3.8, 4) is 11.5 Å². The molecule has 0 unspecified atom stereocenters. The number of benzene rings is 1. The fraction of sp³-hybridized carbons (Fsp3) is 0.364. The Morgan fingerprint density at radius 3 is 2.19 bits per heavy atom. The van der Waals surface area contributed by atoms with Crippen LogP contribution < -0.4 is 14.2 Å². The van der Waals surface area contributed by atoms with Crippen molar-refractivity contribution in [1.82, 2.24) is 4.72 Å². The number of carbonyl (C=O) groups is 1. The van der Waals surface area contributed by atoms with E-state index in [9.17, 15) is 26.4 Å². The van der Waals surface area contributed by atoms with Crippen LogP contribution in [0.5, 0.6) is 11.5 Å². The van der Waals surface area contributed by atoms with E-state index in [0.717, 1.165) is 6.26 Å². The Kier molecular flexibility index (Phi) is 5.41. The molecule has 21 heavy (non-hydrogen) atoms. The number of alkyl halides is 3. The number of hydrogen-bond acceptors (Lipinski definition) is 5. The number of carbonyl (C=O) groups excluding carboxylic acids is 1. The fourth-order valence-electron chi connectivity index (χ4n) is 1.23. The first-order valence-corrected chi connectivity index (χ1v) is 7.38. The van der Waals surface area contributed by atoms with Crippen LogP contribution in [-0.4, -0.2) is 40.0 Å². The van der Waals surface area contributed by atoms with Gasteiger partial charge in [0.25, 0.3) is 5.91 Å². The number of nitrogens with one attached hydrogen (secondary N) is 1. The largest absolute Gasteiger partial charge is 0.480 e. The molecule has 0 aliphatic carbocycles. The number of amides is 1. The lowest BCUT2D eigenvalue weighted by Gasteiger charge is -2.13. The molecule has 0 saturated heterocycles. The average molecular weight is 327 g/mol. The van der Waals surface area contributed by atoms with Gasteiger partial charge in [0.2, 0.25) is 10.0 Å². The fourth-order valence-corrected chi connectivity index (χ4v) is 1.70. The summed E-state index contributed by atoms with van der Waals surface area (Å²) in [7, 11) is -3.73. The number of halogens is 3. The predicted octanol–water partition coefficient (Wildman–Crippen LogP) is 1.08. The molecule has 0 aliphatic heterocycles. The molecule has 0 bridgehead atoms. The van der Waals surface area contributed by atoms with Crippen molar-refractivity contribution in [2.75, 3.05) is 19.5 Å². The molecular formula is C11H12F3NO5S. The van der Waals surface area contributed by atoms with E-state index in [2.05, 4.69) is 4.74 Å². The van der Waals surface area contributed by atoms with Crippen LogP contribution in [0.1, 0.15) is 0 Å². The minimum atomic E-state index is -4.51. The summed E-state index contributed by atoms with van der Waals surface area (Å²) in [4.78, 5) is 11.2. The van der Waals surface area contributed by atoms with Gasteiger partial charge in [0.05, 0.1) is 6.26 Å². The van der Waals surface area contributed by atoms with Gasteiger partial charge in [0, 0.05) is 0 Å². The van der Waals surface area contributed by atoms with E-state index in [0.29, 0.717) is 0 Å². The van der Waals surface area contributed by atoms with Crippen molar-refractivity contribution in [2.45, 2.75) is 6.18 Å². The average Bonchev–Trinajstić information content (AvgIpc) is 2.32. The predicted molar refractivity (Wildman–Crippen MR) is 66.5 cm³/mol. The Bertz CT molecular complexity index is 600. The van der Waals surface area contributed by atoms with E-state index in [1.165, 1.54) is 24.3 Å². The van der Waals surface area contributed by atoms with E-state index >= 15 is 0 Å². The summed E-state index contributed by atoms with van der Waals surface area (Å²) in [5.41, 5.74) is 0. The summed E-state index contributed by atoms with van der Waals surface area (Å²) >= 11 is 0. The third-order valence-corrected chi connectivity index (χ3v) is 2.50. The lowest BCUT2D eigenvalue weighted by molar-refractivity contribution is -0.153. The van der Waals surface area contributed by atoms with Gasteiger partial charge in [0.1, 0.15) is 0 Å². The van der Waals surface area contributed by atoms with Gasteiger partial charge >= 0.3 is 6.18 Å². The maximum atomic E-state index is 12.1. The Morgan fingerprint density at radius 2 is 1.71 bits per heavy atom. The third-order valence-electron chi connectivity index (χ3n) is 1.90. The molecule has 0 heterocycles. The number of ether oxygens (including phenoxy) is 2. The van der Waals surface area contributed by atoms with Crippen LogP contribution in [0.15, 0.2) is 24.3 Å². The zero-order valence-corrected chi connectivity index (χ0v) is 11.6. The summed E-state index contributed by atoms with van der Waals surface area (Å²) in [6, 6.07) is 5.41. The van der Waals surface area contributed by atoms with Gasteiger partial charge in [-0.15, -0.1) is 0 Å². The summed E-state index contributed by atoms with van der Waals surface area (Å²) in [5.74, 6) is -1.27. The minimum Gasteiger partial charge on any atom is -0.480 e. The Labute approximate surface area is 118 Å². The second kappa shape index (κ2) is 6.66. The molecule has 0 spiro atoms. The molecule has 1 aromatic carbocycles. The van der Waals surface area contributed by atoms with E-state index in [1.54, 1.807) is 4.72 Å². The van der Waals surface area contributed by atoms with Crippen LogP contribution >= 0.6 is 0 Å². The normalized spacial score (nSPS) is 11.8. The van der Waals surface area contributed by atoms with Gasteiger partial charge in [-0.3, -0.25) is 9.52 Å². The summed E-state index contributed by atoms with van der Waals surface area (Å²) < 4.78 is 68.9. The van der Waals surface area contributed by atoms with Crippen LogP contribution in [0.25, 0.3) is 0 Å². The third kappa shape index (κ3) is 7.40. The van der Waals surface area contributed by atoms with E-state index < -0.39 is 35.3 Å². The maximum absolute atomic E-state index is 12.1. The SMILES string of the molecule is CS(=O)(=O)NC(=O)COc1ccccc1OCC(F)(F)F. The van der Waals surface area contributed by atoms with Crippen molar-refractivity contribution in [3.05, 3.63) is 24.3 Å². The lowest BCUT2D eigenvalue weighted by Crippen LogP contribution is -2.33. The second-order valence-electron chi connectivity index (χ2n) is 3.94. The van der Waals surface area contributed by atoms with Crippen LogP contribution in [0.2, 0.25) is 0 Å². The van der Waals surface area contributed by atoms with Crippen molar-refractivity contribution in [2.24, 2.45) is 0 Å². The highest BCUT2D eigenvalue weighted by Crippen LogP contribution is 2.28. The molecule has 1 aromatic rings. The molecule has 0 aromatic heterocycles. The topological polar surface area (TPSA) is 81.7 Å². The van der Waals surface area contributed by atoms with Crippen LogP contribution in [0.4, 0.5) is 13.2 Å². The standard InChI is InChI=1S/C11H12F3NO5S/c1-21(17,18)15-10(16)6-19-8-4-2-3-5-9(8)20-7-11(12,13)14/h2-5H,6-7H2,1H3,(H,15,16). The van der Waals surface area contributed by atoms with E-state index in [-0.39, 0.29) is 11.5 Å². The van der Waals surface area contributed by atoms with Crippen LogP contribution in [0.3, 0.4) is 0 Å². The molecule has 1 amide bonds. The summed E-state index contributed by atoms with van der Waals surface area (Å²) in [5, 5.41) is 0. The number of rotatable bonds is 6. The van der Waals surface area contributed by atoms with Gasteiger partial charge in [-0.25, -0.2) is 8.42 Å². The van der Waals surface area contributed by atoms with Gasteiger partial charge in [-0.05, 0) is 12.1 Å². The highest BCUT2D eigenvalue weighted by Gasteiger charge is 2.29. The second-order valence-corrected chi connectivity index (χ2v) is 5.69. The zero-order chi connectivity index (χ0) is 16.1. The molecule has 1 rings (SSSR count). The smallest absolute Gasteiger partial charge is 0.422 e. The van der Waals surface area contributed by atoms with E-state index in [4.69, 9.17) is 4.74 Å². The molecule has 0 aliphatic rings. The molecule has 10 heteroatoms. The Morgan fingerprint density at radius 1 is 1.19 bits per heavy atom. The molecule has 0 radical (unpaired) electrons. The maximum Gasteiger partial charge on any atom is 0.422 e. The molecule has 118 valence electrons. The summed E-state index contributed by atoms with van der Waals surface area (Å²) in [6.45, 7) is -2.19. The van der Waals surface area contributed by atoms with Crippen LogP contribution in [-0.2, 0) is 14.8 Å². The van der Waals surface area contributed by atoms with Crippen molar-refractivity contribution in [3.63, 3.8) is 0 Å². The van der Waals surface area contributed by atoms with Gasteiger partial charge in [0.15, 0.2) is 24.7 Å². The van der Waals surface area contributed by atoms with Gasteiger partial charge in [-0.2, -0.15) is 13.2 Å². The Hall–Kier alpha value is -1.97. The Balaban J connectivity index is 2.65. The highest BCUT2D eigenvalue weighted by molar-refractivity contribution is 7.89.